The van der Waals surface area contributed by atoms with Crippen molar-refractivity contribution >= 4 is 47.8 Å². The molecular weight excluding hydrogens is 841 g/mol. The van der Waals surface area contributed by atoms with Crippen LogP contribution in [0, 0.1) is 0 Å². The highest BCUT2D eigenvalue weighted by atomic mass is 16.6. The molecule has 0 aliphatic carbocycles. The monoisotopic (exact) mass is 910 g/mol. The van der Waals surface area contributed by atoms with Gasteiger partial charge >= 0.3 is 24.1 Å². The van der Waals surface area contributed by atoms with Crippen LogP contribution >= 0.6 is 0 Å². The van der Waals surface area contributed by atoms with Crippen LogP contribution in [0.25, 0.3) is 12.2 Å². The van der Waals surface area contributed by atoms with Crippen molar-refractivity contribution in [1.82, 2.24) is 10.6 Å². The first-order valence-electron chi connectivity index (χ1n) is 21.7. The molecule has 0 spiro atoms. The highest BCUT2D eigenvalue weighted by Gasteiger charge is 2.19. The molecule has 0 radical (unpaired) electrons. The molecule has 2 amide bonds. The summed E-state index contributed by atoms with van der Waals surface area (Å²) in [6, 6.07) is 10.1. The Bertz CT molecular complexity index is 1820. The summed E-state index contributed by atoms with van der Waals surface area (Å²) in [5.74, 6) is -0.110. The zero-order valence-electron chi connectivity index (χ0n) is 40.3. The van der Waals surface area contributed by atoms with Crippen LogP contribution in [0.5, 0.6) is 23.0 Å². The molecule has 16 heteroatoms. The van der Waals surface area contributed by atoms with E-state index >= 15 is 0 Å². The zero-order chi connectivity index (χ0) is 48.8. The minimum absolute atomic E-state index is 0.0744. The predicted molar refractivity (Wildman–Crippen MR) is 246 cm³/mol. The number of ketones is 2. The molecule has 0 atom stereocenters. The number of allylic oxidation sites excluding steroid dienone is 2. The maximum atomic E-state index is 12.9. The lowest BCUT2D eigenvalue weighted by molar-refractivity contribution is -0.156. The molecule has 0 saturated carbocycles. The van der Waals surface area contributed by atoms with Crippen LogP contribution in [0.4, 0.5) is 9.59 Å². The Balaban J connectivity index is 2.11. The summed E-state index contributed by atoms with van der Waals surface area (Å²) >= 11 is 0. The fraction of sp³-hybridized carbons (Fsp3) is 0.551. The third kappa shape index (κ3) is 27.0. The molecule has 2 N–H and O–H groups in total. The highest BCUT2D eigenvalue weighted by molar-refractivity contribution is 6.10. The van der Waals surface area contributed by atoms with Gasteiger partial charge in [0.1, 0.15) is 35.6 Å². The van der Waals surface area contributed by atoms with Gasteiger partial charge < -0.3 is 48.5 Å². The van der Waals surface area contributed by atoms with Crippen LogP contribution in [0.15, 0.2) is 48.6 Å². The molecule has 0 saturated heterocycles. The van der Waals surface area contributed by atoms with Crippen molar-refractivity contribution in [3.05, 3.63) is 59.7 Å². The quantitative estimate of drug-likeness (QED) is 0.0333. The summed E-state index contributed by atoms with van der Waals surface area (Å²) in [6.07, 6.45) is 5.23. The maximum Gasteiger partial charge on any atom is 0.407 e. The molecular formula is C49H70N2O14. The second-order valence-electron chi connectivity index (χ2n) is 18.8. The Morgan fingerprint density at radius 3 is 1.14 bits per heavy atom. The van der Waals surface area contributed by atoms with Crippen molar-refractivity contribution in [3.8, 4) is 23.0 Å². The fourth-order valence-corrected chi connectivity index (χ4v) is 5.23. The maximum absolute atomic E-state index is 12.9. The third-order valence-electron chi connectivity index (χ3n) is 7.67. The molecule has 0 bridgehead atoms. The van der Waals surface area contributed by atoms with E-state index in [9.17, 15) is 28.8 Å². The first kappa shape index (κ1) is 55.1. The standard InChI is InChI=1S/C49H70N2O14/c1-46(2,3)62-42(54)15-13-27-58-38-23-19-34(31-40(38)60-29-25-50-44(56)64-48(7,8)9)17-21-36(52)33-37(53)22-18-35-20-24-39(59-28-14-16-43(55)63-47(4,5)6)41(32-35)61-30-26-51-45(57)65-49(10,11)12/h17-24,31-32H,13-16,25-30,33H2,1-12H3,(H,50,56)(H,51,57)/b21-17+,22-18+. The molecule has 16 nitrogen and oxygen atoms in total. The van der Waals surface area contributed by atoms with E-state index in [0.29, 0.717) is 47.0 Å². The molecule has 0 unspecified atom stereocenters. The number of benzene rings is 2. The van der Waals surface area contributed by atoms with Crippen molar-refractivity contribution in [2.24, 2.45) is 0 Å². The number of alkyl carbamates (subject to hydrolysis) is 2. The average molecular weight is 911 g/mol. The number of carbonyl (C=O) groups is 6. The predicted octanol–water partition coefficient (Wildman–Crippen LogP) is 8.75. The first-order chi connectivity index (χ1) is 30.2. The van der Waals surface area contributed by atoms with Gasteiger partial charge in [0, 0.05) is 12.8 Å². The van der Waals surface area contributed by atoms with Crippen LogP contribution < -0.4 is 29.6 Å². The van der Waals surface area contributed by atoms with E-state index in [0.717, 1.165) is 0 Å². The number of hydrogen-bond acceptors (Lipinski definition) is 14. The number of nitrogens with one attached hydrogen (secondary N) is 2. The Labute approximate surface area is 384 Å². The van der Waals surface area contributed by atoms with E-state index in [1.165, 1.54) is 12.2 Å². The molecule has 2 aromatic rings. The van der Waals surface area contributed by atoms with Gasteiger partial charge in [-0.25, -0.2) is 9.59 Å². The van der Waals surface area contributed by atoms with E-state index in [1.54, 1.807) is 132 Å². The van der Waals surface area contributed by atoms with E-state index in [-0.39, 0.29) is 64.3 Å². The SMILES string of the molecule is CC(C)(C)OC(=O)CCCOc1ccc(/C=C/C(=O)CC(=O)/C=C/c2ccc(OCCCC(=O)OC(C)(C)C)c(OCCNC(=O)OC(C)(C)C)c2)cc1OCCNC(=O)OC(C)(C)C. The molecule has 2 rings (SSSR count). The second-order valence-corrected chi connectivity index (χ2v) is 18.8. The van der Waals surface area contributed by atoms with Gasteiger partial charge in [-0.05, 0) is 143 Å². The van der Waals surface area contributed by atoms with Gasteiger partial charge in [-0.3, -0.25) is 19.2 Å². The van der Waals surface area contributed by atoms with E-state index in [4.69, 9.17) is 37.9 Å². The highest BCUT2D eigenvalue weighted by Crippen LogP contribution is 2.31. The molecule has 0 aliphatic rings. The fourth-order valence-electron chi connectivity index (χ4n) is 5.23. The van der Waals surface area contributed by atoms with Crippen molar-refractivity contribution < 1.29 is 66.7 Å². The van der Waals surface area contributed by atoms with Crippen molar-refractivity contribution in [3.63, 3.8) is 0 Å². The topological polar surface area (TPSA) is 200 Å². The molecule has 360 valence electrons. The first-order valence-corrected chi connectivity index (χ1v) is 21.7. The largest absolute Gasteiger partial charge is 0.490 e. The Morgan fingerprint density at radius 2 is 0.800 bits per heavy atom. The number of esters is 2. The summed E-state index contributed by atoms with van der Waals surface area (Å²) in [5, 5.41) is 5.26. The van der Waals surface area contributed by atoms with Crippen LogP contribution in [-0.2, 0) is 38.1 Å². The smallest absolute Gasteiger partial charge is 0.407 e. The van der Waals surface area contributed by atoms with Gasteiger partial charge in [0.15, 0.2) is 34.6 Å². The average Bonchev–Trinajstić information content (AvgIpc) is 3.15. The van der Waals surface area contributed by atoms with Gasteiger partial charge in [0.2, 0.25) is 0 Å². The zero-order valence-corrected chi connectivity index (χ0v) is 40.3. The number of hydrogen-bond donors (Lipinski definition) is 2. The molecule has 0 aromatic heterocycles. The Hall–Kier alpha value is -6.06. The number of ether oxygens (including phenoxy) is 8. The lowest BCUT2D eigenvalue weighted by Crippen LogP contribution is -2.34. The van der Waals surface area contributed by atoms with Crippen LogP contribution in [0.2, 0.25) is 0 Å². The van der Waals surface area contributed by atoms with Crippen LogP contribution in [0.3, 0.4) is 0 Å². The minimum atomic E-state index is -0.661. The molecule has 0 fully saturated rings. The lowest BCUT2D eigenvalue weighted by atomic mass is 10.1. The summed E-state index contributed by atoms with van der Waals surface area (Å²) < 4.78 is 45.0. The van der Waals surface area contributed by atoms with Crippen molar-refractivity contribution in [1.29, 1.82) is 0 Å². The summed E-state index contributed by atoms with van der Waals surface area (Å²) in [6.45, 7) is 22.2. The van der Waals surface area contributed by atoms with Gasteiger partial charge in [-0.1, -0.05) is 24.3 Å². The summed E-state index contributed by atoms with van der Waals surface area (Å²) in [7, 11) is 0. The molecule has 65 heavy (non-hydrogen) atoms. The van der Waals surface area contributed by atoms with Gasteiger partial charge in [0.25, 0.3) is 0 Å². The number of rotatable bonds is 24. The van der Waals surface area contributed by atoms with E-state index in [2.05, 4.69) is 10.6 Å². The second kappa shape index (κ2) is 26.0. The number of amides is 2. The summed E-state index contributed by atoms with van der Waals surface area (Å²) in [4.78, 5) is 74.3. The number of carbonyl (C=O) groups excluding carboxylic acids is 6. The van der Waals surface area contributed by atoms with Crippen LogP contribution in [-0.4, -0.2) is 97.6 Å². The molecule has 0 heterocycles. The van der Waals surface area contributed by atoms with E-state index in [1.807, 2.05) is 0 Å². The molecule has 0 aliphatic heterocycles. The van der Waals surface area contributed by atoms with E-state index < -0.39 is 52.6 Å². The molecule has 2 aromatic carbocycles. The van der Waals surface area contributed by atoms with Gasteiger partial charge in [-0.2, -0.15) is 0 Å². The van der Waals surface area contributed by atoms with Gasteiger partial charge in [0.05, 0.1) is 32.7 Å². The third-order valence-corrected chi connectivity index (χ3v) is 7.67. The Kier molecular flexibility index (Phi) is 22.1. The lowest BCUT2D eigenvalue weighted by Gasteiger charge is -2.20. The van der Waals surface area contributed by atoms with Gasteiger partial charge in [-0.15, -0.1) is 0 Å². The van der Waals surface area contributed by atoms with Crippen molar-refractivity contribution in [2.45, 2.75) is 138 Å². The summed E-state index contributed by atoms with van der Waals surface area (Å²) in [5.41, 5.74) is -1.34. The normalized spacial score (nSPS) is 12.0. The van der Waals surface area contributed by atoms with Crippen LogP contribution in [0.1, 0.15) is 126 Å². The van der Waals surface area contributed by atoms with Crippen molar-refractivity contribution in [2.75, 3.05) is 39.5 Å². The Morgan fingerprint density at radius 1 is 0.462 bits per heavy atom. The minimum Gasteiger partial charge on any atom is -0.490 e.